The zero-order chi connectivity index (χ0) is 17.8. The van der Waals surface area contributed by atoms with E-state index < -0.39 is 0 Å². The predicted octanol–water partition coefficient (Wildman–Crippen LogP) is 2.55. The van der Waals surface area contributed by atoms with E-state index in [0.29, 0.717) is 18.7 Å². The van der Waals surface area contributed by atoms with Crippen LogP contribution >= 0.6 is 0 Å². The van der Waals surface area contributed by atoms with Gasteiger partial charge in [-0.2, -0.15) is 0 Å². The zero-order valence-corrected chi connectivity index (χ0v) is 14.8. The number of ether oxygens (including phenoxy) is 2. The van der Waals surface area contributed by atoms with Crippen molar-refractivity contribution in [1.82, 2.24) is 14.8 Å². The number of fused-ring (bicyclic) bond motifs is 1. The third kappa shape index (κ3) is 3.80. The highest BCUT2D eigenvalue weighted by Gasteiger charge is 2.20. The maximum absolute atomic E-state index is 13.0. The summed E-state index contributed by atoms with van der Waals surface area (Å²) in [6, 6.07) is 9.41. The number of nitrogens with zero attached hydrogens (tertiary/aromatic N) is 3. The molecular weight excluding hydrogens is 330 g/mol. The molecule has 1 aromatic heterocycles. The fourth-order valence-electron chi connectivity index (χ4n) is 3.46. The Morgan fingerprint density at radius 3 is 2.65 bits per heavy atom. The average molecular weight is 353 g/mol. The first kappa shape index (κ1) is 16.8. The molecule has 3 heterocycles. The lowest BCUT2D eigenvalue weighted by atomic mass is 10.1. The summed E-state index contributed by atoms with van der Waals surface area (Å²) in [5, 5.41) is 0. The van der Waals surface area contributed by atoms with Gasteiger partial charge in [0.15, 0.2) is 11.5 Å². The Balaban J connectivity index is 1.50. The second kappa shape index (κ2) is 7.74. The van der Waals surface area contributed by atoms with E-state index in [1.54, 1.807) is 24.5 Å². The van der Waals surface area contributed by atoms with E-state index in [2.05, 4.69) is 9.88 Å². The first-order valence-corrected chi connectivity index (χ1v) is 9.10. The van der Waals surface area contributed by atoms with Crippen LogP contribution in [0.4, 0.5) is 0 Å². The molecule has 6 heteroatoms. The van der Waals surface area contributed by atoms with Crippen molar-refractivity contribution in [2.75, 3.05) is 33.0 Å². The molecule has 0 radical (unpaired) electrons. The molecule has 1 aromatic carbocycles. The molecule has 1 saturated heterocycles. The molecule has 0 aliphatic carbocycles. The number of hydrogen-bond acceptors (Lipinski definition) is 5. The van der Waals surface area contributed by atoms with Gasteiger partial charge in [-0.1, -0.05) is 6.07 Å². The number of rotatable bonds is 6. The molecule has 0 N–H and O–H groups in total. The molecule has 2 aliphatic rings. The van der Waals surface area contributed by atoms with Gasteiger partial charge in [0, 0.05) is 37.6 Å². The van der Waals surface area contributed by atoms with Crippen LogP contribution in [-0.2, 0) is 6.54 Å². The highest BCUT2D eigenvalue weighted by molar-refractivity contribution is 5.94. The van der Waals surface area contributed by atoms with Gasteiger partial charge < -0.3 is 19.3 Å². The monoisotopic (exact) mass is 353 g/mol. The minimum Gasteiger partial charge on any atom is -0.454 e. The molecule has 0 spiro atoms. The van der Waals surface area contributed by atoms with Gasteiger partial charge in [-0.3, -0.25) is 9.78 Å². The van der Waals surface area contributed by atoms with E-state index in [0.717, 1.165) is 36.7 Å². The van der Waals surface area contributed by atoms with E-state index >= 15 is 0 Å². The first-order valence-electron chi connectivity index (χ1n) is 9.10. The molecule has 4 rings (SSSR count). The Kier molecular flexibility index (Phi) is 5.02. The molecule has 0 bridgehead atoms. The number of carbonyl (C=O) groups excluding carboxylic acids is 1. The van der Waals surface area contributed by atoms with E-state index in [-0.39, 0.29) is 12.7 Å². The Morgan fingerprint density at radius 2 is 1.85 bits per heavy atom. The fraction of sp³-hybridized carbons (Fsp3) is 0.400. The van der Waals surface area contributed by atoms with E-state index in [1.807, 2.05) is 23.1 Å². The molecule has 26 heavy (non-hydrogen) atoms. The Morgan fingerprint density at radius 1 is 1.08 bits per heavy atom. The van der Waals surface area contributed by atoms with Crippen molar-refractivity contribution in [3.63, 3.8) is 0 Å². The second-order valence-electron chi connectivity index (χ2n) is 6.70. The minimum atomic E-state index is 0.0317. The van der Waals surface area contributed by atoms with E-state index in [4.69, 9.17) is 9.47 Å². The van der Waals surface area contributed by atoms with Crippen LogP contribution in [0.3, 0.4) is 0 Å². The summed E-state index contributed by atoms with van der Waals surface area (Å²) < 4.78 is 10.8. The summed E-state index contributed by atoms with van der Waals surface area (Å²) in [4.78, 5) is 21.4. The number of likely N-dealkylation sites (tertiary alicyclic amines) is 1. The van der Waals surface area contributed by atoms with E-state index in [1.165, 1.54) is 12.8 Å². The average Bonchev–Trinajstić information content (AvgIpc) is 3.36. The summed E-state index contributed by atoms with van der Waals surface area (Å²) in [5.41, 5.74) is 1.71. The third-order valence-electron chi connectivity index (χ3n) is 4.91. The van der Waals surface area contributed by atoms with Crippen LogP contribution in [0, 0.1) is 0 Å². The molecule has 6 nitrogen and oxygen atoms in total. The second-order valence-corrected chi connectivity index (χ2v) is 6.70. The van der Waals surface area contributed by atoms with Crippen LogP contribution in [-0.4, -0.2) is 53.7 Å². The first-order chi connectivity index (χ1) is 12.8. The topological polar surface area (TPSA) is 54.9 Å². The van der Waals surface area contributed by atoms with Gasteiger partial charge in [-0.15, -0.1) is 0 Å². The van der Waals surface area contributed by atoms with Crippen molar-refractivity contribution in [1.29, 1.82) is 0 Å². The van der Waals surface area contributed by atoms with Gasteiger partial charge in [0.2, 0.25) is 6.79 Å². The van der Waals surface area contributed by atoms with Crippen molar-refractivity contribution in [3.05, 3.63) is 53.9 Å². The molecule has 0 atom stereocenters. The maximum atomic E-state index is 13.0. The lowest BCUT2D eigenvalue weighted by molar-refractivity contribution is 0.0726. The smallest absolute Gasteiger partial charge is 0.254 e. The van der Waals surface area contributed by atoms with Crippen LogP contribution in [0.5, 0.6) is 11.5 Å². The number of aromatic nitrogens is 1. The molecule has 0 unspecified atom stereocenters. The number of amides is 1. The molecule has 0 saturated carbocycles. The molecular formula is C20H23N3O3. The van der Waals surface area contributed by atoms with Gasteiger partial charge in [0.05, 0.1) is 0 Å². The molecule has 1 amide bonds. The summed E-state index contributed by atoms with van der Waals surface area (Å²) in [5.74, 6) is 1.54. The molecule has 2 aromatic rings. The van der Waals surface area contributed by atoms with Crippen molar-refractivity contribution in [3.8, 4) is 11.5 Å². The number of carbonyl (C=O) groups is 1. The van der Waals surface area contributed by atoms with Gasteiger partial charge in [-0.05, 0) is 55.8 Å². The van der Waals surface area contributed by atoms with Crippen LogP contribution in [0.1, 0.15) is 28.8 Å². The predicted molar refractivity (Wildman–Crippen MR) is 97.2 cm³/mol. The van der Waals surface area contributed by atoms with Gasteiger partial charge in [-0.25, -0.2) is 0 Å². The quantitative estimate of drug-likeness (QED) is 0.799. The van der Waals surface area contributed by atoms with Crippen molar-refractivity contribution >= 4 is 5.91 Å². The maximum Gasteiger partial charge on any atom is 0.254 e. The van der Waals surface area contributed by atoms with Gasteiger partial charge >= 0.3 is 0 Å². The third-order valence-corrected chi connectivity index (χ3v) is 4.91. The van der Waals surface area contributed by atoms with Gasteiger partial charge in [0.25, 0.3) is 5.91 Å². The standard InChI is InChI=1S/C20H23N3O3/c24-20(17-5-7-21-8-6-17)23(12-11-22-9-1-2-10-22)14-16-3-4-18-19(13-16)26-15-25-18/h3-8,13H,1-2,9-12,14-15H2. The Bertz CT molecular complexity index is 760. The van der Waals surface area contributed by atoms with Crippen molar-refractivity contribution < 1.29 is 14.3 Å². The summed E-state index contributed by atoms with van der Waals surface area (Å²) in [6.07, 6.45) is 5.82. The summed E-state index contributed by atoms with van der Waals surface area (Å²) in [6.45, 7) is 4.67. The highest BCUT2D eigenvalue weighted by atomic mass is 16.7. The summed E-state index contributed by atoms with van der Waals surface area (Å²) >= 11 is 0. The Labute approximate surface area is 153 Å². The van der Waals surface area contributed by atoms with E-state index in [9.17, 15) is 4.79 Å². The zero-order valence-electron chi connectivity index (χ0n) is 14.8. The van der Waals surface area contributed by atoms with Crippen LogP contribution < -0.4 is 9.47 Å². The highest BCUT2D eigenvalue weighted by Crippen LogP contribution is 2.32. The molecule has 1 fully saturated rings. The number of hydrogen-bond donors (Lipinski definition) is 0. The molecule has 136 valence electrons. The van der Waals surface area contributed by atoms with Crippen LogP contribution in [0.15, 0.2) is 42.7 Å². The van der Waals surface area contributed by atoms with Gasteiger partial charge in [0.1, 0.15) is 0 Å². The molecule has 2 aliphatic heterocycles. The fourth-order valence-corrected chi connectivity index (χ4v) is 3.46. The largest absolute Gasteiger partial charge is 0.454 e. The van der Waals surface area contributed by atoms with Crippen LogP contribution in [0.25, 0.3) is 0 Å². The van der Waals surface area contributed by atoms with Crippen molar-refractivity contribution in [2.24, 2.45) is 0 Å². The van der Waals surface area contributed by atoms with Crippen LogP contribution in [0.2, 0.25) is 0 Å². The minimum absolute atomic E-state index is 0.0317. The SMILES string of the molecule is O=C(c1ccncc1)N(CCN1CCCC1)Cc1ccc2c(c1)OCO2. The Hall–Kier alpha value is -2.60. The number of pyridine rings is 1. The normalized spacial score (nSPS) is 16.0. The number of benzene rings is 1. The lowest BCUT2D eigenvalue weighted by Crippen LogP contribution is -2.37. The lowest BCUT2D eigenvalue weighted by Gasteiger charge is -2.26. The van der Waals surface area contributed by atoms with Crippen molar-refractivity contribution in [2.45, 2.75) is 19.4 Å². The summed E-state index contributed by atoms with van der Waals surface area (Å²) in [7, 11) is 0.